The fourth-order valence-corrected chi connectivity index (χ4v) is 3.15. The highest BCUT2D eigenvalue weighted by atomic mass is 32.2. The van der Waals surface area contributed by atoms with Gasteiger partial charge >= 0.3 is 6.61 Å². The van der Waals surface area contributed by atoms with Crippen molar-refractivity contribution in [2.45, 2.75) is 22.8 Å². The molecule has 0 aliphatic rings. The van der Waals surface area contributed by atoms with Crippen molar-refractivity contribution in [2.75, 3.05) is 5.73 Å². The van der Waals surface area contributed by atoms with Gasteiger partial charge in [0.15, 0.2) is 15.9 Å². The topological polar surface area (TPSA) is 48.1 Å². The van der Waals surface area contributed by atoms with E-state index < -0.39 is 18.2 Å². The number of nitrogens with two attached hydrogens (primary N) is 1. The first kappa shape index (κ1) is 14.0. The molecular formula is C11H9F3N2OS2. The van der Waals surface area contributed by atoms with Crippen molar-refractivity contribution in [1.29, 1.82) is 0 Å². The number of hydrogen-bond donors (Lipinski definition) is 1. The molecule has 0 saturated heterocycles. The summed E-state index contributed by atoms with van der Waals surface area (Å²) in [6, 6.07) is 2.11. The van der Waals surface area contributed by atoms with Crippen molar-refractivity contribution >= 4 is 28.8 Å². The molecule has 2 aromatic rings. The standard InChI is InChI=1S/C11H9F3N2OS2/c1-5-4-18-11(16-5)19-9-3-8(17-10(13)14)6(12)2-7(9)15/h2-4,10H,15H2,1H3. The van der Waals surface area contributed by atoms with Crippen LogP contribution in [0.1, 0.15) is 5.69 Å². The van der Waals surface area contributed by atoms with Gasteiger partial charge in [-0.25, -0.2) is 9.37 Å². The van der Waals surface area contributed by atoms with Crippen LogP contribution in [0, 0.1) is 12.7 Å². The Balaban J connectivity index is 2.29. The summed E-state index contributed by atoms with van der Waals surface area (Å²) in [6.07, 6.45) is 0. The fraction of sp³-hybridized carbons (Fsp3) is 0.182. The Morgan fingerprint density at radius 1 is 1.42 bits per heavy atom. The van der Waals surface area contributed by atoms with Gasteiger partial charge in [0, 0.05) is 27.7 Å². The van der Waals surface area contributed by atoms with E-state index in [-0.39, 0.29) is 5.69 Å². The first-order valence-electron chi connectivity index (χ1n) is 5.09. The molecule has 0 atom stereocenters. The number of aromatic nitrogens is 1. The Hall–Kier alpha value is -1.41. The Labute approximate surface area is 115 Å². The number of hydrogen-bond acceptors (Lipinski definition) is 5. The number of halogens is 3. The van der Waals surface area contributed by atoms with E-state index in [1.807, 2.05) is 12.3 Å². The number of anilines is 1. The number of thiazole rings is 1. The third-order valence-electron chi connectivity index (χ3n) is 2.08. The maximum absolute atomic E-state index is 13.4. The first-order valence-corrected chi connectivity index (χ1v) is 6.79. The summed E-state index contributed by atoms with van der Waals surface area (Å²) in [5.74, 6) is -1.45. The molecule has 102 valence electrons. The van der Waals surface area contributed by atoms with Gasteiger partial charge in [0.1, 0.15) is 0 Å². The first-order chi connectivity index (χ1) is 8.95. The number of nitrogens with zero attached hydrogens (tertiary/aromatic N) is 1. The zero-order valence-corrected chi connectivity index (χ0v) is 11.3. The molecule has 0 amide bonds. The van der Waals surface area contributed by atoms with E-state index in [0.717, 1.165) is 17.8 Å². The summed E-state index contributed by atoms with van der Waals surface area (Å²) >= 11 is 2.57. The van der Waals surface area contributed by atoms with Gasteiger partial charge in [0.2, 0.25) is 0 Å². The van der Waals surface area contributed by atoms with Crippen LogP contribution in [-0.4, -0.2) is 11.6 Å². The molecule has 0 aliphatic carbocycles. The summed E-state index contributed by atoms with van der Waals surface area (Å²) in [6.45, 7) is -1.25. The second-order valence-electron chi connectivity index (χ2n) is 3.56. The molecule has 0 fully saturated rings. The van der Waals surface area contributed by atoms with Crippen LogP contribution in [0.15, 0.2) is 26.7 Å². The Kier molecular flexibility index (Phi) is 4.20. The number of benzene rings is 1. The predicted octanol–water partition coefficient (Wildman–Crippen LogP) is 3.93. The van der Waals surface area contributed by atoms with Crippen molar-refractivity contribution in [3.63, 3.8) is 0 Å². The van der Waals surface area contributed by atoms with Gasteiger partial charge in [0.25, 0.3) is 0 Å². The van der Waals surface area contributed by atoms with Crippen LogP contribution >= 0.6 is 23.1 Å². The monoisotopic (exact) mass is 306 g/mol. The van der Waals surface area contributed by atoms with Crippen molar-refractivity contribution < 1.29 is 17.9 Å². The number of ether oxygens (including phenoxy) is 1. The molecule has 0 saturated carbocycles. The smallest absolute Gasteiger partial charge is 0.387 e. The highest BCUT2D eigenvalue weighted by Gasteiger charge is 2.15. The normalized spacial score (nSPS) is 11.0. The molecule has 3 nitrogen and oxygen atoms in total. The summed E-state index contributed by atoms with van der Waals surface area (Å²) in [7, 11) is 0. The van der Waals surface area contributed by atoms with Crippen LogP contribution in [0.4, 0.5) is 18.9 Å². The molecule has 1 aromatic heterocycles. The minimum Gasteiger partial charge on any atom is -0.432 e. The Bertz CT molecular complexity index is 589. The summed E-state index contributed by atoms with van der Waals surface area (Å²) in [4.78, 5) is 4.63. The van der Waals surface area contributed by atoms with Gasteiger partial charge in [-0.1, -0.05) is 11.8 Å². The molecule has 2 N–H and O–H groups in total. The third kappa shape index (κ3) is 3.54. The van der Waals surface area contributed by atoms with E-state index in [1.54, 1.807) is 0 Å². The van der Waals surface area contributed by atoms with E-state index in [2.05, 4.69) is 9.72 Å². The molecule has 1 aromatic carbocycles. The second kappa shape index (κ2) is 5.70. The molecule has 0 radical (unpaired) electrons. The maximum Gasteiger partial charge on any atom is 0.387 e. The molecule has 0 aliphatic heterocycles. The lowest BCUT2D eigenvalue weighted by Gasteiger charge is -2.09. The van der Waals surface area contributed by atoms with E-state index >= 15 is 0 Å². The van der Waals surface area contributed by atoms with Crippen molar-refractivity contribution in [3.05, 3.63) is 29.0 Å². The maximum atomic E-state index is 13.4. The minimum atomic E-state index is -3.09. The summed E-state index contributed by atoms with van der Waals surface area (Å²) in [5, 5.41) is 1.85. The zero-order valence-electron chi connectivity index (χ0n) is 9.69. The highest BCUT2D eigenvalue weighted by Crippen LogP contribution is 2.37. The average molecular weight is 306 g/mol. The van der Waals surface area contributed by atoms with Gasteiger partial charge in [-0.3, -0.25) is 0 Å². The van der Waals surface area contributed by atoms with Crippen LogP contribution in [0.25, 0.3) is 0 Å². The molecule has 19 heavy (non-hydrogen) atoms. The summed E-state index contributed by atoms with van der Waals surface area (Å²) < 4.78 is 42.4. The van der Waals surface area contributed by atoms with Crippen molar-refractivity contribution in [2.24, 2.45) is 0 Å². The van der Waals surface area contributed by atoms with Gasteiger partial charge in [-0.2, -0.15) is 8.78 Å². The largest absolute Gasteiger partial charge is 0.432 e. The highest BCUT2D eigenvalue weighted by molar-refractivity contribution is 8.01. The quantitative estimate of drug-likeness (QED) is 0.870. The van der Waals surface area contributed by atoms with Crippen LogP contribution < -0.4 is 10.5 Å². The fourth-order valence-electron chi connectivity index (χ4n) is 1.30. The molecular weight excluding hydrogens is 297 g/mol. The van der Waals surface area contributed by atoms with Crippen LogP contribution in [0.2, 0.25) is 0 Å². The van der Waals surface area contributed by atoms with E-state index in [4.69, 9.17) is 5.73 Å². The zero-order chi connectivity index (χ0) is 14.0. The molecule has 0 bridgehead atoms. The average Bonchev–Trinajstić information content (AvgIpc) is 2.70. The van der Waals surface area contributed by atoms with Gasteiger partial charge in [0.05, 0.1) is 0 Å². The van der Waals surface area contributed by atoms with Crippen LogP contribution in [0.3, 0.4) is 0 Å². The lowest BCUT2D eigenvalue weighted by Crippen LogP contribution is -2.04. The second-order valence-corrected chi connectivity index (χ2v) is 5.70. The van der Waals surface area contributed by atoms with Crippen molar-refractivity contribution in [3.8, 4) is 5.75 Å². The van der Waals surface area contributed by atoms with Gasteiger partial charge in [-0.15, -0.1) is 11.3 Å². The lowest BCUT2D eigenvalue weighted by molar-refractivity contribution is -0.0523. The third-order valence-corrected chi connectivity index (χ3v) is 4.21. The van der Waals surface area contributed by atoms with Crippen LogP contribution in [0.5, 0.6) is 5.75 Å². The van der Waals surface area contributed by atoms with E-state index in [9.17, 15) is 13.2 Å². The SMILES string of the molecule is Cc1csc(Sc2cc(OC(F)F)c(F)cc2N)n1. The number of alkyl halides is 2. The van der Waals surface area contributed by atoms with E-state index in [0.29, 0.717) is 9.24 Å². The van der Waals surface area contributed by atoms with Crippen molar-refractivity contribution in [1.82, 2.24) is 4.98 Å². The minimum absolute atomic E-state index is 0.150. The van der Waals surface area contributed by atoms with Crippen LogP contribution in [-0.2, 0) is 0 Å². The molecule has 1 heterocycles. The number of rotatable bonds is 4. The lowest BCUT2D eigenvalue weighted by atomic mass is 10.3. The molecule has 0 spiro atoms. The van der Waals surface area contributed by atoms with Gasteiger partial charge < -0.3 is 10.5 Å². The predicted molar refractivity (Wildman–Crippen MR) is 68.4 cm³/mol. The molecule has 8 heteroatoms. The molecule has 2 rings (SSSR count). The van der Waals surface area contributed by atoms with E-state index in [1.165, 1.54) is 23.1 Å². The Morgan fingerprint density at radius 3 is 2.74 bits per heavy atom. The molecule has 0 unspecified atom stereocenters. The van der Waals surface area contributed by atoms with Gasteiger partial charge in [-0.05, 0) is 13.0 Å². The number of nitrogen functional groups attached to an aromatic ring is 1. The number of aryl methyl sites for hydroxylation is 1. The Morgan fingerprint density at radius 2 is 2.16 bits per heavy atom. The summed E-state index contributed by atoms with van der Waals surface area (Å²) in [5.41, 5.74) is 6.64.